The molecule has 0 aliphatic carbocycles. The van der Waals surface area contributed by atoms with Gasteiger partial charge in [-0.2, -0.15) is 0 Å². The lowest BCUT2D eigenvalue weighted by molar-refractivity contribution is -0.133. The summed E-state index contributed by atoms with van der Waals surface area (Å²) in [5, 5.41) is 0. The topological polar surface area (TPSA) is 48.5 Å². The van der Waals surface area contributed by atoms with E-state index in [1.54, 1.807) is 26.4 Å². The minimum Gasteiger partial charge on any atom is -0.493 e. The number of benzene rings is 2. The summed E-state index contributed by atoms with van der Waals surface area (Å²) in [6.45, 7) is 7.45. The lowest BCUT2D eigenvalue weighted by Gasteiger charge is -2.38. The molecular weight excluding hydrogens is 423 g/mol. The van der Waals surface area contributed by atoms with E-state index < -0.39 is 0 Å². The Morgan fingerprint density at radius 3 is 2.18 bits per heavy atom. The number of halogens is 1. The molecule has 2 aliphatic heterocycles. The fourth-order valence-corrected chi connectivity index (χ4v) is 4.54. The number of piperazine rings is 2. The third-order valence-electron chi connectivity index (χ3n) is 6.50. The van der Waals surface area contributed by atoms with E-state index in [0.717, 1.165) is 44.2 Å². The second-order valence-corrected chi connectivity index (χ2v) is 8.56. The van der Waals surface area contributed by atoms with Gasteiger partial charge in [-0.05, 0) is 29.8 Å². The first-order chi connectivity index (χ1) is 16.1. The molecule has 0 aromatic heterocycles. The van der Waals surface area contributed by atoms with Gasteiger partial charge in [0, 0.05) is 58.9 Å². The van der Waals surface area contributed by atoms with Gasteiger partial charge in [0.15, 0.2) is 11.5 Å². The van der Waals surface area contributed by atoms with Crippen molar-refractivity contribution in [2.75, 3.05) is 78.0 Å². The molecule has 0 bridgehead atoms. The van der Waals surface area contributed by atoms with Crippen molar-refractivity contribution in [3.05, 3.63) is 53.8 Å². The van der Waals surface area contributed by atoms with Crippen LogP contribution >= 0.6 is 0 Å². The Kier molecular flexibility index (Phi) is 7.67. The molecule has 0 spiro atoms. The molecule has 178 valence electrons. The summed E-state index contributed by atoms with van der Waals surface area (Å²) < 4.78 is 24.8. The molecule has 0 atom stereocenters. The van der Waals surface area contributed by atoms with Crippen LogP contribution in [0.25, 0.3) is 0 Å². The Morgan fingerprint density at radius 1 is 0.848 bits per heavy atom. The van der Waals surface area contributed by atoms with E-state index in [9.17, 15) is 9.18 Å². The first kappa shape index (κ1) is 23.3. The smallest absolute Gasteiger partial charge is 0.236 e. The van der Waals surface area contributed by atoms with Gasteiger partial charge in [-0.25, -0.2) is 4.39 Å². The fraction of sp³-hybridized carbons (Fsp3) is 0.480. The Labute approximate surface area is 195 Å². The zero-order valence-corrected chi connectivity index (χ0v) is 19.5. The highest BCUT2D eigenvalue weighted by molar-refractivity contribution is 5.78. The molecule has 4 rings (SSSR count). The highest BCUT2D eigenvalue weighted by atomic mass is 19.1. The summed E-state index contributed by atoms with van der Waals surface area (Å²) in [4.78, 5) is 21.4. The van der Waals surface area contributed by atoms with Crippen molar-refractivity contribution in [3.63, 3.8) is 0 Å². The largest absolute Gasteiger partial charge is 0.493 e. The van der Waals surface area contributed by atoms with Crippen LogP contribution in [-0.2, 0) is 11.3 Å². The number of carbonyl (C=O) groups excluding carboxylic acids is 1. The minimum atomic E-state index is -0.205. The number of ether oxygens (including phenoxy) is 2. The number of methoxy groups -OCH3 is 2. The molecule has 2 saturated heterocycles. The van der Waals surface area contributed by atoms with Gasteiger partial charge >= 0.3 is 0 Å². The standard InChI is InChI=1S/C25H33FN4O3/c1-32-23-8-7-20(17-24(23)33-2)18-27-9-11-28(12-10-27)19-25(31)30-15-13-29(14-16-30)22-6-4-3-5-21(22)26/h3-8,17H,9-16,18-19H2,1-2H3. The highest BCUT2D eigenvalue weighted by Crippen LogP contribution is 2.28. The number of anilines is 1. The minimum absolute atomic E-state index is 0.163. The average molecular weight is 457 g/mol. The molecular formula is C25H33FN4O3. The summed E-state index contributed by atoms with van der Waals surface area (Å²) >= 11 is 0. The Morgan fingerprint density at radius 2 is 1.52 bits per heavy atom. The predicted octanol–water partition coefficient (Wildman–Crippen LogP) is 2.31. The molecule has 8 heteroatoms. The van der Waals surface area contributed by atoms with Gasteiger partial charge in [0.1, 0.15) is 5.82 Å². The van der Waals surface area contributed by atoms with Gasteiger partial charge < -0.3 is 19.3 Å². The number of hydrogen-bond donors (Lipinski definition) is 0. The molecule has 2 aromatic carbocycles. The van der Waals surface area contributed by atoms with E-state index >= 15 is 0 Å². The van der Waals surface area contributed by atoms with Crippen molar-refractivity contribution in [2.45, 2.75) is 6.54 Å². The molecule has 2 heterocycles. The monoisotopic (exact) mass is 456 g/mol. The van der Waals surface area contributed by atoms with Crippen LogP contribution in [0.15, 0.2) is 42.5 Å². The van der Waals surface area contributed by atoms with Gasteiger partial charge in [-0.3, -0.25) is 14.6 Å². The lowest BCUT2D eigenvalue weighted by atomic mass is 10.1. The maximum Gasteiger partial charge on any atom is 0.236 e. The van der Waals surface area contributed by atoms with E-state index in [1.807, 2.05) is 28.0 Å². The van der Waals surface area contributed by atoms with Crippen LogP contribution in [0.2, 0.25) is 0 Å². The molecule has 1 amide bonds. The molecule has 0 N–H and O–H groups in total. The van der Waals surface area contributed by atoms with Crippen molar-refractivity contribution >= 4 is 11.6 Å². The van der Waals surface area contributed by atoms with E-state index in [0.29, 0.717) is 38.4 Å². The SMILES string of the molecule is COc1ccc(CN2CCN(CC(=O)N3CCN(c4ccccc4F)CC3)CC2)cc1OC. The molecule has 7 nitrogen and oxygen atoms in total. The fourth-order valence-electron chi connectivity index (χ4n) is 4.54. The molecule has 2 aromatic rings. The summed E-state index contributed by atoms with van der Waals surface area (Å²) in [7, 11) is 3.29. The number of nitrogens with zero attached hydrogens (tertiary/aromatic N) is 4. The summed E-state index contributed by atoms with van der Waals surface area (Å²) in [5.74, 6) is 1.44. The number of rotatable bonds is 7. The lowest BCUT2D eigenvalue weighted by Crippen LogP contribution is -2.53. The summed E-state index contributed by atoms with van der Waals surface area (Å²) in [6, 6.07) is 12.9. The predicted molar refractivity (Wildman–Crippen MR) is 126 cm³/mol. The zero-order chi connectivity index (χ0) is 23.2. The Hall–Kier alpha value is -2.84. The van der Waals surface area contributed by atoms with Crippen molar-refractivity contribution in [3.8, 4) is 11.5 Å². The Balaban J connectivity index is 1.21. The molecule has 33 heavy (non-hydrogen) atoms. The van der Waals surface area contributed by atoms with E-state index in [4.69, 9.17) is 9.47 Å². The first-order valence-corrected chi connectivity index (χ1v) is 11.5. The van der Waals surface area contributed by atoms with Crippen molar-refractivity contribution in [2.24, 2.45) is 0 Å². The first-order valence-electron chi connectivity index (χ1n) is 11.5. The van der Waals surface area contributed by atoms with Crippen LogP contribution in [0.4, 0.5) is 10.1 Å². The van der Waals surface area contributed by atoms with E-state index in [2.05, 4.69) is 15.9 Å². The van der Waals surface area contributed by atoms with Crippen molar-refractivity contribution in [1.82, 2.24) is 14.7 Å². The van der Waals surface area contributed by atoms with Crippen LogP contribution in [-0.4, -0.2) is 93.7 Å². The summed E-state index contributed by atoms with van der Waals surface area (Å²) in [5.41, 5.74) is 1.81. The number of amides is 1. The van der Waals surface area contributed by atoms with Gasteiger partial charge in [0.25, 0.3) is 0 Å². The summed E-state index contributed by atoms with van der Waals surface area (Å²) in [6.07, 6.45) is 0. The molecule has 0 unspecified atom stereocenters. The highest BCUT2D eigenvalue weighted by Gasteiger charge is 2.25. The Bertz CT molecular complexity index is 941. The third kappa shape index (κ3) is 5.75. The van der Waals surface area contributed by atoms with Crippen LogP contribution in [0, 0.1) is 5.82 Å². The van der Waals surface area contributed by atoms with Crippen LogP contribution in [0.5, 0.6) is 11.5 Å². The molecule has 2 fully saturated rings. The second-order valence-electron chi connectivity index (χ2n) is 8.56. The number of carbonyl (C=O) groups is 1. The van der Waals surface area contributed by atoms with Crippen molar-refractivity contribution < 1.29 is 18.7 Å². The van der Waals surface area contributed by atoms with Gasteiger partial charge in [-0.15, -0.1) is 0 Å². The van der Waals surface area contributed by atoms with Crippen molar-refractivity contribution in [1.29, 1.82) is 0 Å². The third-order valence-corrected chi connectivity index (χ3v) is 6.50. The number of para-hydroxylation sites is 1. The van der Waals surface area contributed by atoms with E-state index in [-0.39, 0.29) is 11.7 Å². The van der Waals surface area contributed by atoms with Crippen LogP contribution < -0.4 is 14.4 Å². The number of hydrogen-bond acceptors (Lipinski definition) is 6. The second kappa shape index (κ2) is 10.9. The zero-order valence-electron chi connectivity index (χ0n) is 19.5. The average Bonchev–Trinajstić information content (AvgIpc) is 2.85. The quantitative estimate of drug-likeness (QED) is 0.637. The van der Waals surface area contributed by atoms with Gasteiger partial charge in [0.2, 0.25) is 5.91 Å². The van der Waals surface area contributed by atoms with Gasteiger partial charge in [-0.1, -0.05) is 18.2 Å². The van der Waals surface area contributed by atoms with Crippen LogP contribution in [0.3, 0.4) is 0 Å². The molecule has 0 radical (unpaired) electrons. The van der Waals surface area contributed by atoms with Crippen LogP contribution in [0.1, 0.15) is 5.56 Å². The molecule has 2 aliphatic rings. The normalized spacial score (nSPS) is 17.8. The van der Waals surface area contributed by atoms with E-state index in [1.165, 1.54) is 11.6 Å². The van der Waals surface area contributed by atoms with Gasteiger partial charge in [0.05, 0.1) is 26.5 Å². The maximum absolute atomic E-state index is 14.0. The molecule has 0 saturated carbocycles. The maximum atomic E-state index is 14.0.